The van der Waals surface area contributed by atoms with E-state index in [-0.39, 0.29) is 11.6 Å². The smallest absolute Gasteiger partial charge is 0.275 e. The molecule has 0 spiro atoms. The number of nitrogens with one attached hydrogen (secondary N) is 1. The minimum atomic E-state index is -0.413. The quantitative estimate of drug-likeness (QED) is 0.862. The van der Waals surface area contributed by atoms with Crippen molar-refractivity contribution in [3.8, 4) is 0 Å². The summed E-state index contributed by atoms with van der Waals surface area (Å²) in [6.07, 6.45) is 2.91. The summed E-state index contributed by atoms with van der Waals surface area (Å²) in [6.45, 7) is 1.73. The first-order chi connectivity index (χ1) is 8.54. The molecule has 3 N–H and O–H groups in total. The fourth-order valence-electron chi connectivity index (χ4n) is 1.27. The number of nitrogens with two attached hydrogens (primary N) is 1. The third-order valence-corrected chi connectivity index (χ3v) is 2.38. The molecular formula is C10H9BrN6O. The summed E-state index contributed by atoms with van der Waals surface area (Å²) in [5.74, 6) is -0.0242. The first kappa shape index (κ1) is 12.4. The van der Waals surface area contributed by atoms with Crippen LogP contribution in [0, 0.1) is 6.92 Å². The Balaban J connectivity index is 2.19. The number of hydrogen-bond acceptors (Lipinski definition) is 6. The number of carbonyl (C=O) groups excluding carboxylic acids is 1. The molecule has 18 heavy (non-hydrogen) atoms. The van der Waals surface area contributed by atoms with E-state index < -0.39 is 5.91 Å². The molecule has 0 unspecified atom stereocenters. The zero-order chi connectivity index (χ0) is 13.1. The molecule has 0 aromatic carbocycles. The maximum Gasteiger partial charge on any atom is 0.275 e. The van der Waals surface area contributed by atoms with Gasteiger partial charge in [0.05, 0.1) is 12.4 Å². The number of nitrogen functional groups attached to an aromatic ring is 1. The average Bonchev–Trinajstić information content (AvgIpc) is 2.31. The Labute approximate surface area is 111 Å². The van der Waals surface area contributed by atoms with Gasteiger partial charge < -0.3 is 11.1 Å². The lowest BCUT2D eigenvalue weighted by Gasteiger charge is -2.04. The second-order valence-corrected chi connectivity index (χ2v) is 4.24. The number of amides is 1. The van der Waals surface area contributed by atoms with Gasteiger partial charge in [0.15, 0.2) is 5.82 Å². The van der Waals surface area contributed by atoms with Crippen LogP contribution in [0.1, 0.15) is 16.2 Å². The van der Waals surface area contributed by atoms with Crippen molar-refractivity contribution in [3.05, 3.63) is 34.5 Å². The second-order valence-electron chi connectivity index (χ2n) is 3.43. The van der Waals surface area contributed by atoms with Crippen LogP contribution in [0.3, 0.4) is 0 Å². The molecule has 0 atom stereocenters. The van der Waals surface area contributed by atoms with E-state index in [2.05, 4.69) is 41.2 Å². The van der Waals surface area contributed by atoms with E-state index in [4.69, 9.17) is 5.73 Å². The molecule has 7 nitrogen and oxygen atoms in total. The fraction of sp³-hybridized carbons (Fsp3) is 0.100. The van der Waals surface area contributed by atoms with Gasteiger partial charge in [0, 0.05) is 5.69 Å². The molecular weight excluding hydrogens is 300 g/mol. The Morgan fingerprint density at radius 1 is 1.33 bits per heavy atom. The van der Waals surface area contributed by atoms with Crippen molar-refractivity contribution in [2.24, 2.45) is 0 Å². The number of anilines is 2. The maximum atomic E-state index is 11.9. The van der Waals surface area contributed by atoms with Crippen LogP contribution in [0.25, 0.3) is 0 Å². The molecule has 0 aliphatic heterocycles. The Morgan fingerprint density at radius 2 is 2.11 bits per heavy atom. The Hall–Kier alpha value is -2.09. The van der Waals surface area contributed by atoms with Gasteiger partial charge in [0.2, 0.25) is 5.95 Å². The molecule has 0 radical (unpaired) electrons. The summed E-state index contributed by atoms with van der Waals surface area (Å²) >= 11 is 3.15. The minimum Gasteiger partial charge on any atom is -0.368 e. The highest BCUT2D eigenvalue weighted by molar-refractivity contribution is 9.10. The van der Waals surface area contributed by atoms with E-state index in [9.17, 15) is 4.79 Å². The lowest BCUT2D eigenvalue weighted by atomic mass is 10.3. The van der Waals surface area contributed by atoms with Gasteiger partial charge in [-0.3, -0.25) is 4.79 Å². The Kier molecular flexibility index (Phi) is 3.47. The van der Waals surface area contributed by atoms with Gasteiger partial charge in [-0.1, -0.05) is 0 Å². The molecule has 0 saturated carbocycles. The average molecular weight is 309 g/mol. The van der Waals surface area contributed by atoms with Gasteiger partial charge in [0.25, 0.3) is 5.91 Å². The van der Waals surface area contributed by atoms with Gasteiger partial charge in [-0.05, 0) is 28.9 Å². The predicted molar refractivity (Wildman–Crippen MR) is 68.9 cm³/mol. The van der Waals surface area contributed by atoms with Gasteiger partial charge in [-0.2, -0.15) is 0 Å². The third-order valence-electron chi connectivity index (χ3n) is 1.97. The molecule has 0 saturated heterocycles. The first-order valence-corrected chi connectivity index (χ1v) is 5.74. The second kappa shape index (κ2) is 5.05. The molecule has 0 aliphatic rings. The summed E-state index contributed by atoms with van der Waals surface area (Å²) < 4.78 is 0.586. The van der Waals surface area contributed by atoms with E-state index >= 15 is 0 Å². The molecule has 92 valence electrons. The fourth-order valence-corrected chi connectivity index (χ4v) is 1.47. The summed E-state index contributed by atoms with van der Waals surface area (Å²) in [6, 6.07) is 1.54. The van der Waals surface area contributed by atoms with Gasteiger partial charge in [-0.25, -0.2) is 19.9 Å². The van der Waals surface area contributed by atoms with E-state index in [1.807, 2.05) is 0 Å². The molecule has 1 amide bonds. The number of aryl methyl sites for hydroxylation is 1. The molecule has 2 heterocycles. The number of rotatable bonds is 2. The van der Waals surface area contributed by atoms with Crippen molar-refractivity contribution < 1.29 is 4.79 Å². The molecule has 2 aromatic heterocycles. The monoisotopic (exact) mass is 308 g/mol. The number of nitrogens with zero attached hydrogens (tertiary/aromatic N) is 4. The van der Waals surface area contributed by atoms with Gasteiger partial charge in [0.1, 0.15) is 10.3 Å². The number of halogens is 1. The van der Waals surface area contributed by atoms with E-state index in [1.54, 1.807) is 6.92 Å². The van der Waals surface area contributed by atoms with Crippen molar-refractivity contribution in [1.82, 2.24) is 19.9 Å². The lowest BCUT2D eigenvalue weighted by molar-refractivity contribution is 0.102. The molecule has 0 fully saturated rings. The SMILES string of the molecule is Cc1cc(C(=O)Nc2cnc(Br)cn2)nc(N)n1. The highest BCUT2D eigenvalue weighted by Gasteiger charge is 2.10. The number of aromatic nitrogens is 4. The van der Waals surface area contributed by atoms with E-state index in [0.717, 1.165) is 0 Å². The maximum absolute atomic E-state index is 11.9. The van der Waals surface area contributed by atoms with Gasteiger partial charge >= 0.3 is 0 Å². The molecule has 8 heteroatoms. The summed E-state index contributed by atoms with van der Waals surface area (Å²) in [4.78, 5) is 27.5. The van der Waals surface area contributed by atoms with Crippen LogP contribution >= 0.6 is 15.9 Å². The van der Waals surface area contributed by atoms with Crippen molar-refractivity contribution in [1.29, 1.82) is 0 Å². The summed E-state index contributed by atoms with van der Waals surface area (Å²) in [7, 11) is 0. The summed E-state index contributed by atoms with van der Waals surface area (Å²) in [5.41, 5.74) is 6.28. The lowest BCUT2D eigenvalue weighted by Crippen LogP contribution is -2.16. The van der Waals surface area contributed by atoms with Crippen molar-refractivity contribution >= 4 is 33.6 Å². The predicted octanol–water partition coefficient (Wildman–Crippen LogP) is 1.17. The van der Waals surface area contributed by atoms with E-state index in [0.29, 0.717) is 16.1 Å². The number of hydrogen-bond donors (Lipinski definition) is 2. The molecule has 2 rings (SSSR count). The van der Waals surface area contributed by atoms with Crippen LogP contribution in [0.2, 0.25) is 0 Å². The zero-order valence-corrected chi connectivity index (χ0v) is 11.0. The highest BCUT2D eigenvalue weighted by Crippen LogP contribution is 2.08. The molecule has 0 aliphatic carbocycles. The molecule has 2 aromatic rings. The van der Waals surface area contributed by atoms with Crippen molar-refractivity contribution in [3.63, 3.8) is 0 Å². The topological polar surface area (TPSA) is 107 Å². The minimum absolute atomic E-state index is 0.0574. The zero-order valence-electron chi connectivity index (χ0n) is 9.38. The van der Waals surface area contributed by atoms with E-state index in [1.165, 1.54) is 18.5 Å². The Morgan fingerprint density at radius 3 is 2.72 bits per heavy atom. The van der Waals surface area contributed by atoms with Gasteiger partial charge in [-0.15, -0.1) is 0 Å². The van der Waals surface area contributed by atoms with Crippen LogP contribution in [-0.2, 0) is 0 Å². The summed E-state index contributed by atoms with van der Waals surface area (Å²) in [5, 5.41) is 2.56. The van der Waals surface area contributed by atoms with Crippen molar-refractivity contribution in [2.75, 3.05) is 11.1 Å². The largest absolute Gasteiger partial charge is 0.368 e. The number of carbonyl (C=O) groups is 1. The van der Waals surface area contributed by atoms with Crippen LogP contribution in [0.5, 0.6) is 0 Å². The first-order valence-electron chi connectivity index (χ1n) is 4.94. The third kappa shape index (κ3) is 2.98. The standard InChI is InChI=1S/C10H9BrN6O/c1-5-2-6(16-10(12)15-5)9(18)17-8-4-13-7(11)3-14-8/h2-4H,1H3,(H2,12,15,16)(H,14,17,18). The normalized spacial score (nSPS) is 10.1. The van der Waals surface area contributed by atoms with Crippen LogP contribution in [0.4, 0.5) is 11.8 Å². The Bertz CT molecular complexity index is 565. The van der Waals surface area contributed by atoms with Crippen LogP contribution in [-0.4, -0.2) is 25.8 Å². The van der Waals surface area contributed by atoms with Crippen LogP contribution in [0.15, 0.2) is 23.1 Å². The van der Waals surface area contributed by atoms with Crippen molar-refractivity contribution in [2.45, 2.75) is 6.92 Å². The molecule has 0 bridgehead atoms. The highest BCUT2D eigenvalue weighted by atomic mass is 79.9. The van der Waals surface area contributed by atoms with Crippen LogP contribution < -0.4 is 11.1 Å².